The van der Waals surface area contributed by atoms with Crippen molar-refractivity contribution in [2.24, 2.45) is 5.92 Å². The maximum atomic E-state index is 14.4. The van der Waals surface area contributed by atoms with Gasteiger partial charge in [-0.25, -0.2) is 4.39 Å². The van der Waals surface area contributed by atoms with Gasteiger partial charge in [0.15, 0.2) is 0 Å². The van der Waals surface area contributed by atoms with Crippen LogP contribution in [0.25, 0.3) is 0 Å². The maximum Gasteiger partial charge on any atom is 0.147 e. The van der Waals surface area contributed by atoms with Gasteiger partial charge in [-0.1, -0.05) is 24.6 Å². The molecule has 0 spiro atoms. The first-order chi connectivity index (χ1) is 9.15. The molecular formula is C14H18BrClFNS. The summed E-state index contributed by atoms with van der Waals surface area (Å²) in [5.74, 6) is 2.46. The molecular weight excluding hydrogens is 349 g/mol. The van der Waals surface area contributed by atoms with Gasteiger partial charge < -0.3 is 5.32 Å². The lowest BCUT2D eigenvalue weighted by Gasteiger charge is -2.25. The number of thioether (sulfide) groups is 1. The van der Waals surface area contributed by atoms with E-state index in [0.29, 0.717) is 16.0 Å². The summed E-state index contributed by atoms with van der Waals surface area (Å²) >= 11 is 11.2. The number of rotatable bonds is 5. The second-order valence-corrected chi connectivity index (χ2v) is 7.20. The van der Waals surface area contributed by atoms with E-state index in [9.17, 15) is 4.39 Å². The van der Waals surface area contributed by atoms with Crippen molar-refractivity contribution in [3.05, 3.63) is 33.0 Å². The third kappa shape index (κ3) is 3.66. The van der Waals surface area contributed by atoms with E-state index in [-0.39, 0.29) is 16.9 Å². The molecule has 0 saturated carbocycles. The first kappa shape index (κ1) is 15.6. The molecule has 0 bridgehead atoms. The maximum absolute atomic E-state index is 14.4. The number of benzene rings is 1. The Morgan fingerprint density at radius 3 is 3.00 bits per heavy atom. The molecule has 1 fully saturated rings. The van der Waals surface area contributed by atoms with Crippen LogP contribution in [0, 0.1) is 11.7 Å². The van der Waals surface area contributed by atoms with Gasteiger partial charge in [-0.05, 0) is 58.8 Å². The van der Waals surface area contributed by atoms with Crippen LogP contribution >= 0.6 is 39.3 Å². The van der Waals surface area contributed by atoms with Gasteiger partial charge in [0.25, 0.3) is 0 Å². The Kier molecular flexibility index (Phi) is 6.00. The van der Waals surface area contributed by atoms with Crippen LogP contribution in [-0.2, 0) is 0 Å². The highest BCUT2D eigenvalue weighted by Crippen LogP contribution is 2.38. The van der Waals surface area contributed by atoms with Crippen molar-refractivity contribution in [2.75, 3.05) is 18.1 Å². The van der Waals surface area contributed by atoms with Gasteiger partial charge in [0.05, 0.1) is 5.02 Å². The fraction of sp³-hybridized carbons (Fsp3) is 0.571. The Bertz CT molecular complexity index is 438. The van der Waals surface area contributed by atoms with E-state index < -0.39 is 0 Å². The summed E-state index contributed by atoms with van der Waals surface area (Å²) in [4.78, 5) is 0. The van der Waals surface area contributed by atoms with E-state index in [4.69, 9.17) is 11.6 Å². The van der Waals surface area contributed by atoms with Crippen molar-refractivity contribution in [1.82, 2.24) is 5.32 Å². The molecule has 0 amide bonds. The zero-order valence-corrected chi connectivity index (χ0v) is 14.0. The molecule has 1 nitrogen and oxygen atoms in total. The molecule has 1 aromatic rings. The minimum Gasteiger partial charge on any atom is -0.310 e. The van der Waals surface area contributed by atoms with Gasteiger partial charge in [-0.3, -0.25) is 0 Å². The highest BCUT2D eigenvalue weighted by molar-refractivity contribution is 9.10. The number of nitrogens with one attached hydrogen (secondary N) is 1. The number of halogens is 3. The molecule has 2 rings (SSSR count). The zero-order valence-electron chi connectivity index (χ0n) is 10.9. The highest BCUT2D eigenvalue weighted by atomic mass is 79.9. The van der Waals surface area contributed by atoms with Crippen LogP contribution in [0.5, 0.6) is 0 Å². The summed E-state index contributed by atoms with van der Waals surface area (Å²) < 4.78 is 15.0. The largest absolute Gasteiger partial charge is 0.310 e. The molecule has 1 aliphatic rings. The lowest BCUT2D eigenvalue weighted by atomic mass is 9.92. The molecule has 1 N–H and O–H groups in total. The van der Waals surface area contributed by atoms with Crippen molar-refractivity contribution in [2.45, 2.75) is 25.8 Å². The summed E-state index contributed by atoms with van der Waals surface area (Å²) in [5.41, 5.74) is 0.703. The SMILES string of the molecule is CCCNC(c1ccc(Br)c(Cl)c1F)C1CCSC1. The monoisotopic (exact) mass is 365 g/mol. The predicted molar refractivity (Wildman–Crippen MR) is 85.6 cm³/mol. The lowest BCUT2D eigenvalue weighted by Crippen LogP contribution is -2.30. The van der Waals surface area contributed by atoms with Crippen LogP contribution in [0.1, 0.15) is 31.4 Å². The first-order valence-electron chi connectivity index (χ1n) is 6.59. The Labute approximate surface area is 131 Å². The molecule has 5 heteroatoms. The van der Waals surface area contributed by atoms with Crippen LogP contribution in [0.2, 0.25) is 5.02 Å². The van der Waals surface area contributed by atoms with Crippen molar-refractivity contribution >= 4 is 39.3 Å². The van der Waals surface area contributed by atoms with E-state index in [2.05, 4.69) is 28.2 Å². The summed E-state index contributed by atoms with van der Waals surface area (Å²) in [5, 5.41) is 3.67. The van der Waals surface area contributed by atoms with Crippen LogP contribution in [-0.4, -0.2) is 18.1 Å². The van der Waals surface area contributed by atoms with Gasteiger partial charge in [-0.15, -0.1) is 0 Å². The van der Waals surface area contributed by atoms with Gasteiger partial charge in [0.2, 0.25) is 0 Å². The standard InChI is InChI=1S/C14H18BrClFNS/c1-2-6-18-14(9-5-7-19-8-9)10-3-4-11(15)12(16)13(10)17/h3-4,9,14,18H,2,5-8H2,1H3. The second kappa shape index (κ2) is 7.30. The zero-order chi connectivity index (χ0) is 13.8. The Morgan fingerprint density at radius 1 is 1.58 bits per heavy atom. The van der Waals surface area contributed by atoms with Crippen LogP contribution < -0.4 is 5.32 Å². The summed E-state index contributed by atoms with van der Waals surface area (Å²) in [6, 6.07) is 3.76. The third-order valence-corrected chi connectivity index (χ3v) is 5.90. The summed E-state index contributed by atoms with van der Waals surface area (Å²) in [6.45, 7) is 3.03. The molecule has 2 atom stereocenters. The summed E-state index contributed by atoms with van der Waals surface area (Å²) in [6.07, 6.45) is 2.18. The van der Waals surface area contributed by atoms with E-state index in [1.165, 1.54) is 5.75 Å². The Balaban J connectivity index is 2.28. The number of hydrogen-bond acceptors (Lipinski definition) is 2. The van der Waals surface area contributed by atoms with E-state index >= 15 is 0 Å². The fourth-order valence-corrected chi connectivity index (χ4v) is 4.20. The topological polar surface area (TPSA) is 12.0 Å². The van der Waals surface area contributed by atoms with Gasteiger partial charge >= 0.3 is 0 Å². The average molecular weight is 367 g/mol. The van der Waals surface area contributed by atoms with Crippen LogP contribution in [0.4, 0.5) is 4.39 Å². The van der Waals surface area contributed by atoms with Crippen LogP contribution in [0.3, 0.4) is 0 Å². The quantitative estimate of drug-likeness (QED) is 0.733. The second-order valence-electron chi connectivity index (χ2n) is 4.82. The van der Waals surface area contributed by atoms with E-state index in [1.807, 2.05) is 23.9 Å². The van der Waals surface area contributed by atoms with Crippen molar-refractivity contribution in [3.8, 4) is 0 Å². The predicted octanol–water partition coefficient (Wildman–Crippen LogP) is 5.04. The normalized spacial score (nSPS) is 20.7. The molecule has 1 aromatic carbocycles. The minimum atomic E-state index is -0.290. The Morgan fingerprint density at radius 2 is 2.37 bits per heavy atom. The Hall–Kier alpha value is 0.230. The van der Waals surface area contributed by atoms with Crippen LogP contribution in [0.15, 0.2) is 16.6 Å². The summed E-state index contributed by atoms with van der Waals surface area (Å²) in [7, 11) is 0. The van der Waals surface area contributed by atoms with E-state index in [1.54, 1.807) is 0 Å². The van der Waals surface area contributed by atoms with Crippen molar-refractivity contribution < 1.29 is 4.39 Å². The molecule has 19 heavy (non-hydrogen) atoms. The molecule has 0 aromatic heterocycles. The van der Waals surface area contributed by atoms with Gasteiger partial charge in [-0.2, -0.15) is 11.8 Å². The highest BCUT2D eigenvalue weighted by Gasteiger charge is 2.29. The molecule has 0 aliphatic carbocycles. The van der Waals surface area contributed by atoms with E-state index in [0.717, 1.165) is 25.1 Å². The lowest BCUT2D eigenvalue weighted by molar-refractivity contribution is 0.381. The average Bonchev–Trinajstić information content (AvgIpc) is 2.92. The fourth-order valence-electron chi connectivity index (χ4n) is 2.43. The molecule has 2 unspecified atom stereocenters. The van der Waals surface area contributed by atoms with Crippen molar-refractivity contribution in [3.63, 3.8) is 0 Å². The third-order valence-electron chi connectivity index (χ3n) is 3.45. The molecule has 1 heterocycles. The molecule has 106 valence electrons. The van der Waals surface area contributed by atoms with Gasteiger partial charge in [0.1, 0.15) is 5.82 Å². The minimum absolute atomic E-state index is 0.0700. The van der Waals surface area contributed by atoms with Gasteiger partial charge in [0, 0.05) is 16.1 Å². The van der Waals surface area contributed by atoms with Crippen molar-refractivity contribution in [1.29, 1.82) is 0 Å². The molecule has 1 saturated heterocycles. The number of hydrogen-bond donors (Lipinski definition) is 1. The molecule has 1 aliphatic heterocycles. The molecule has 0 radical (unpaired) electrons. The first-order valence-corrected chi connectivity index (χ1v) is 8.92. The smallest absolute Gasteiger partial charge is 0.147 e.